The van der Waals surface area contributed by atoms with E-state index >= 15 is 0 Å². The second kappa shape index (κ2) is 37.8. The normalized spacial score (nSPS) is 11.4. The van der Waals surface area contributed by atoms with Crippen molar-refractivity contribution in [2.75, 3.05) is 0 Å². The summed E-state index contributed by atoms with van der Waals surface area (Å²) in [6.45, 7) is 0. The third kappa shape index (κ3) is 16.9. The van der Waals surface area contributed by atoms with E-state index in [-0.39, 0.29) is 43.5 Å². The van der Waals surface area contributed by atoms with E-state index in [0.29, 0.717) is 52.4 Å². The largest absolute Gasteiger partial charge is 0.0615 e. The van der Waals surface area contributed by atoms with Gasteiger partial charge in [0.25, 0.3) is 0 Å². The minimum absolute atomic E-state index is 0.233. The monoisotopic (exact) mass is 2000 g/mol. The molecular formula is C129H81N9Se3. The van der Waals surface area contributed by atoms with Crippen LogP contribution in [0.25, 0.3) is 259 Å². The molecule has 0 saturated heterocycles. The standard InChI is InChI=1S/3C43H27N3Se/c1-4-12-28(13-5-1)36-20-11-21-38-37-25-22-32(27-39(37)47-40(36)38)34-19-10-18-31-26-33(23-24-35(31)34)43-45-41(29-14-6-2-7-15-29)44-42(46-43)30-16-8-3-9-17-30;1-4-12-28(13-5-1)35-20-11-21-36-38-26-32(24-25-39(38)47-40(35)36)34-19-10-18-29-22-23-33(27-37(29)34)43-45-41(30-14-6-2-7-15-30)44-42(46-43)31-16-8-3-9-17-31;1-3-13-28(14-4-1)30-17-11-18-31(27-30)42-44-41(29-15-5-2-6-16-29)45-43(46-42)38-26-25-34(32-19-7-8-20-33(32)38)36-22-12-23-37-35-21-9-10-24-39(35)47-40(36)37/h3*1-27H. The van der Waals surface area contributed by atoms with Crippen molar-refractivity contribution in [2.45, 2.75) is 0 Å². The molecule has 0 radical (unpaired) electrons. The van der Waals surface area contributed by atoms with Gasteiger partial charge in [-0.05, 0) is 5.56 Å². The van der Waals surface area contributed by atoms with E-state index in [2.05, 4.69) is 346 Å². The van der Waals surface area contributed by atoms with Gasteiger partial charge >= 0.3 is 670 Å². The number of benzene rings is 21. The SMILES string of the molecule is c1ccc(-c2cccc(-c3nc(-c4ccccc4)nc(-c4ccc(-c5cccc6c5[se]c5ccccc56)c5ccccc45)n3)c2)cc1.c1ccc(-c2nc(-c3ccccc3)nc(-c3ccc4c(-c5ccc6c(c5)[se]c5c(-c7ccccc7)cccc56)cccc4c3)n2)cc1.c1ccc(-c2nc(-c3ccccc3)nc(-c3ccc4cccc(-c5ccc6[se]c7c(-c8ccccc8)cccc7c6c5)c4c3)n2)cc1. The second-order valence-corrected chi connectivity index (χ2v) is 41.5. The van der Waals surface area contributed by atoms with Crippen LogP contribution in [0.3, 0.4) is 0 Å². The van der Waals surface area contributed by atoms with E-state index in [4.69, 9.17) is 44.9 Å². The second-order valence-electron chi connectivity index (χ2n) is 34.9. The molecule has 0 spiro atoms. The van der Waals surface area contributed by atoms with Gasteiger partial charge < -0.3 is 0 Å². The molecule has 0 aliphatic heterocycles. The Labute approximate surface area is 832 Å². The molecule has 6 aromatic heterocycles. The van der Waals surface area contributed by atoms with Crippen molar-refractivity contribution >= 4 is 134 Å². The van der Waals surface area contributed by atoms with Crippen LogP contribution in [-0.4, -0.2) is 88.4 Å². The molecule has 27 aromatic rings. The van der Waals surface area contributed by atoms with E-state index in [0.717, 1.165) is 72.0 Å². The topological polar surface area (TPSA) is 116 Å². The number of hydrogen-bond acceptors (Lipinski definition) is 9. The molecule has 141 heavy (non-hydrogen) atoms. The van der Waals surface area contributed by atoms with Crippen LogP contribution in [0, 0.1) is 0 Å². The fourth-order valence-electron chi connectivity index (χ4n) is 19.3. The fourth-order valence-corrected chi connectivity index (χ4v) is 27.2. The molecule has 0 fully saturated rings. The Morgan fingerprint density at radius 3 is 0.943 bits per heavy atom. The Bertz CT molecular complexity index is 9300. The molecule has 0 aliphatic carbocycles. The van der Waals surface area contributed by atoms with Gasteiger partial charge in [0.15, 0.2) is 0 Å². The fraction of sp³-hybridized carbons (Fsp3) is 0. The average Bonchev–Trinajstić information content (AvgIpc) is 1.67. The number of aromatic nitrogens is 9. The Balaban J connectivity index is 0.000000111. The summed E-state index contributed by atoms with van der Waals surface area (Å²) in [6, 6.07) is 174. The van der Waals surface area contributed by atoms with Crippen LogP contribution in [0.1, 0.15) is 0 Å². The van der Waals surface area contributed by atoms with Gasteiger partial charge in [0, 0.05) is 0 Å². The summed E-state index contributed by atoms with van der Waals surface area (Å²) in [5.74, 6) is 5.96. The van der Waals surface area contributed by atoms with Crippen molar-refractivity contribution in [1.82, 2.24) is 44.9 Å². The number of nitrogens with zero attached hydrogens (tertiary/aromatic N) is 9. The predicted octanol–water partition coefficient (Wildman–Crippen LogP) is 32.2. The van der Waals surface area contributed by atoms with Crippen LogP contribution in [0.2, 0.25) is 0 Å². The Morgan fingerprint density at radius 2 is 0.418 bits per heavy atom. The third-order valence-corrected chi connectivity index (χ3v) is 33.9. The zero-order valence-corrected chi connectivity index (χ0v) is 81.2. The van der Waals surface area contributed by atoms with Crippen LogP contribution >= 0.6 is 0 Å². The first kappa shape index (κ1) is 85.6. The molecule has 0 N–H and O–H groups in total. The summed E-state index contributed by atoms with van der Waals surface area (Å²) < 4.78 is 8.72. The summed E-state index contributed by atoms with van der Waals surface area (Å²) in [7, 11) is 0. The van der Waals surface area contributed by atoms with E-state index in [1.54, 1.807) is 0 Å². The molecule has 27 rings (SSSR count). The van der Waals surface area contributed by atoms with Gasteiger partial charge in [-0.2, -0.15) is 0 Å². The zero-order chi connectivity index (χ0) is 93.5. The zero-order valence-electron chi connectivity index (χ0n) is 76.0. The van der Waals surface area contributed by atoms with E-state index in [1.807, 2.05) is 146 Å². The van der Waals surface area contributed by atoms with E-state index in [9.17, 15) is 0 Å². The first-order valence-corrected chi connectivity index (χ1v) is 52.2. The Kier molecular flexibility index (Phi) is 23.0. The first-order chi connectivity index (χ1) is 69.9. The molecule has 21 aromatic carbocycles. The molecule has 0 atom stereocenters. The van der Waals surface area contributed by atoms with Crippen molar-refractivity contribution in [3.63, 3.8) is 0 Å². The van der Waals surface area contributed by atoms with Gasteiger partial charge in [-0.1, -0.05) is 164 Å². The van der Waals surface area contributed by atoms with Crippen LogP contribution < -0.4 is 0 Å². The summed E-state index contributed by atoms with van der Waals surface area (Å²) in [5.41, 5.74) is 23.7. The predicted molar refractivity (Wildman–Crippen MR) is 589 cm³/mol. The molecule has 6 heterocycles. The Hall–Kier alpha value is -17.0. The molecule has 0 unspecified atom stereocenters. The summed E-state index contributed by atoms with van der Waals surface area (Å²) >= 11 is 0.744. The maximum Gasteiger partial charge on any atom is -0.0512 e. The smallest absolute Gasteiger partial charge is 0.0512 e. The van der Waals surface area contributed by atoms with Gasteiger partial charge in [-0.3, -0.25) is 0 Å². The first-order valence-electron chi connectivity index (χ1n) is 47.1. The number of hydrogen-bond donors (Lipinski definition) is 0. The van der Waals surface area contributed by atoms with Crippen LogP contribution in [-0.2, 0) is 0 Å². The minimum atomic E-state index is 0.233. The van der Waals surface area contributed by atoms with Crippen molar-refractivity contribution < 1.29 is 0 Å². The molecule has 9 nitrogen and oxygen atoms in total. The Morgan fingerprint density at radius 1 is 0.113 bits per heavy atom. The molecular weight excluding hydrogens is 1910 g/mol. The quantitative estimate of drug-likeness (QED) is 0.0925. The maximum absolute atomic E-state index is 5.15. The molecule has 0 saturated carbocycles. The van der Waals surface area contributed by atoms with E-state index in [1.165, 1.54) is 135 Å². The van der Waals surface area contributed by atoms with Crippen molar-refractivity contribution in [3.05, 3.63) is 491 Å². The molecule has 0 amide bonds. The van der Waals surface area contributed by atoms with Gasteiger partial charge in [-0.15, -0.1) is 0 Å². The maximum atomic E-state index is 5.15. The van der Waals surface area contributed by atoms with Gasteiger partial charge in [-0.25, -0.2) is 0 Å². The van der Waals surface area contributed by atoms with Crippen LogP contribution in [0.5, 0.6) is 0 Å². The van der Waals surface area contributed by atoms with Gasteiger partial charge in [0.2, 0.25) is 0 Å². The molecule has 0 bridgehead atoms. The van der Waals surface area contributed by atoms with Crippen LogP contribution in [0.4, 0.5) is 0 Å². The average molecular weight is 1990 g/mol. The summed E-state index contributed by atoms with van der Waals surface area (Å²) in [5, 5.41) is 15.2. The number of rotatable bonds is 15. The van der Waals surface area contributed by atoms with E-state index < -0.39 is 0 Å². The summed E-state index contributed by atoms with van der Waals surface area (Å²) in [4.78, 5) is 44.9. The van der Waals surface area contributed by atoms with Crippen molar-refractivity contribution in [1.29, 1.82) is 0 Å². The van der Waals surface area contributed by atoms with Crippen LogP contribution in [0.15, 0.2) is 491 Å². The third-order valence-electron chi connectivity index (χ3n) is 26.2. The van der Waals surface area contributed by atoms with Gasteiger partial charge in [0.05, 0.1) is 0 Å². The minimum Gasteiger partial charge on any atom is -0.0615 e. The molecule has 660 valence electrons. The van der Waals surface area contributed by atoms with Crippen molar-refractivity contribution in [2.24, 2.45) is 0 Å². The molecule has 12 heteroatoms. The number of fused-ring (bicyclic) bond motifs is 12. The summed E-state index contributed by atoms with van der Waals surface area (Å²) in [6.07, 6.45) is 0. The van der Waals surface area contributed by atoms with Crippen molar-refractivity contribution in [3.8, 4) is 169 Å². The molecule has 0 aliphatic rings. The van der Waals surface area contributed by atoms with Gasteiger partial charge in [0.1, 0.15) is 0 Å².